The van der Waals surface area contributed by atoms with Crippen molar-refractivity contribution in [3.8, 4) is 10.6 Å². The molecule has 0 radical (unpaired) electrons. The van der Waals surface area contributed by atoms with Gasteiger partial charge in [-0.1, -0.05) is 32.0 Å². The van der Waals surface area contributed by atoms with Crippen LogP contribution < -0.4 is 0 Å². The van der Waals surface area contributed by atoms with E-state index in [2.05, 4.69) is 41.2 Å². The van der Waals surface area contributed by atoms with E-state index in [-0.39, 0.29) is 0 Å². The summed E-state index contributed by atoms with van der Waals surface area (Å²) >= 11 is 1.68. The van der Waals surface area contributed by atoms with Crippen molar-refractivity contribution in [2.24, 2.45) is 0 Å². The van der Waals surface area contributed by atoms with Gasteiger partial charge >= 0.3 is 0 Å². The Labute approximate surface area is 118 Å². The molecule has 0 aliphatic carbocycles. The molecular weight excluding hydrogens is 252 g/mol. The molecule has 0 bridgehead atoms. The lowest BCUT2D eigenvalue weighted by Crippen LogP contribution is -1.83. The molecule has 19 heavy (non-hydrogen) atoms. The molecule has 3 rings (SSSR count). The van der Waals surface area contributed by atoms with E-state index in [4.69, 9.17) is 0 Å². The normalized spacial score (nSPS) is 10.1. The Morgan fingerprint density at radius 1 is 1.00 bits per heavy atom. The number of fused-ring (bicyclic) bond motifs is 1. The second kappa shape index (κ2) is 5.93. The van der Waals surface area contributed by atoms with Crippen molar-refractivity contribution in [2.75, 3.05) is 0 Å². The molecule has 0 unspecified atom stereocenters. The topological polar surface area (TPSA) is 25.8 Å². The second-order valence-corrected chi connectivity index (χ2v) is 5.34. The molecule has 0 saturated heterocycles. The molecule has 2 aromatic heterocycles. The standard InChI is InChI=1S/C14H12N2S.C2H6/c1-9-4-3-5-11-6-13(16-7-12(9)11)14-8-15-10(2)17-14;1-2/h3-8H,1-2H3;1-2H3. The number of hydrogen-bond acceptors (Lipinski definition) is 3. The minimum absolute atomic E-state index is 1.01. The molecule has 2 heterocycles. The van der Waals surface area contributed by atoms with Gasteiger partial charge < -0.3 is 0 Å². The Balaban J connectivity index is 0.000000637. The van der Waals surface area contributed by atoms with Gasteiger partial charge in [-0.05, 0) is 30.9 Å². The van der Waals surface area contributed by atoms with Crippen LogP contribution in [-0.4, -0.2) is 9.97 Å². The summed E-state index contributed by atoms with van der Waals surface area (Å²) in [5.41, 5.74) is 2.27. The first kappa shape index (κ1) is 13.7. The molecular formula is C16H18N2S. The molecule has 0 saturated carbocycles. The first-order valence-electron chi connectivity index (χ1n) is 6.52. The molecule has 2 nitrogen and oxygen atoms in total. The highest BCUT2D eigenvalue weighted by Crippen LogP contribution is 2.27. The van der Waals surface area contributed by atoms with Gasteiger partial charge in [0.05, 0.1) is 15.6 Å². The predicted molar refractivity (Wildman–Crippen MR) is 83.7 cm³/mol. The fraction of sp³-hybridized carbons (Fsp3) is 0.250. The lowest BCUT2D eigenvalue weighted by molar-refractivity contribution is 1.29. The van der Waals surface area contributed by atoms with Gasteiger partial charge in [0, 0.05) is 17.8 Å². The second-order valence-electron chi connectivity index (χ2n) is 4.11. The third kappa shape index (κ3) is 2.82. The van der Waals surface area contributed by atoms with Crippen LogP contribution >= 0.6 is 11.3 Å². The Kier molecular flexibility index (Phi) is 4.27. The number of benzene rings is 1. The van der Waals surface area contributed by atoms with E-state index in [0.717, 1.165) is 15.6 Å². The van der Waals surface area contributed by atoms with Crippen LogP contribution in [0.2, 0.25) is 0 Å². The molecule has 1 aromatic carbocycles. The molecule has 0 aliphatic rings. The number of hydrogen-bond donors (Lipinski definition) is 0. The summed E-state index contributed by atoms with van der Waals surface area (Å²) < 4.78 is 0. The van der Waals surface area contributed by atoms with E-state index >= 15 is 0 Å². The molecule has 3 heteroatoms. The summed E-state index contributed by atoms with van der Waals surface area (Å²) in [4.78, 5) is 9.92. The maximum absolute atomic E-state index is 4.52. The smallest absolute Gasteiger partial charge is 0.0901 e. The average Bonchev–Trinajstić information content (AvgIpc) is 2.88. The van der Waals surface area contributed by atoms with E-state index in [1.54, 1.807) is 11.3 Å². The molecule has 0 amide bonds. The molecule has 3 aromatic rings. The number of aromatic nitrogens is 2. The minimum Gasteiger partial charge on any atom is -0.255 e. The lowest BCUT2D eigenvalue weighted by Gasteiger charge is -2.03. The quantitative estimate of drug-likeness (QED) is 0.621. The highest BCUT2D eigenvalue weighted by Gasteiger charge is 2.05. The van der Waals surface area contributed by atoms with E-state index in [0.29, 0.717) is 0 Å². The summed E-state index contributed by atoms with van der Waals surface area (Å²) in [6.07, 6.45) is 3.85. The molecule has 0 spiro atoms. The van der Waals surface area contributed by atoms with Crippen LogP contribution in [0.25, 0.3) is 21.3 Å². The first-order valence-corrected chi connectivity index (χ1v) is 7.34. The Morgan fingerprint density at radius 2 is 1.79 bits per heavy atom. The van der Waals surface area contributed by atoms with E-state index < -0.39 is 0 Å². The summed E-state index contributed by atoms with van der Waals surface area (Å²) in [6.45, 7) is 8.12. The van der Waals surface area contributed by atoms with Gasteiger partial charge in [0.25, 0.3) is 0 Å². The maximum Gasteiger partial charge on any atom is 0.0901 e. The SMILES string of the molecule is CC.Cc1ncc(-c2cc3cccc(C)c3cn2)s1. The van der Waals surface area contributed by atoms with Crippen LogP contribution in [0, 0.1) is 13.8 Å². The summed E-state index contributed by atoms with van der Waals surface area (Å²) in [6, 6.07) is 8.45. The highest BCUT2D eigenvalue weighted by molar-refractivity contribution is 7.15. The largest absolute Gasteiger partial charge is 0.255 e. The van der Waals surface area contributed by atoms with Gasteiger partial charge in [0.15, 0.2) is 0 Å². The van der Waals surface area contributed by atoms with Gasteiger partial charge in [-0.25, -0.2) is 4.98 Å². The van der Waals surface area contributed by atoms with Crippen LogP contribution in [0.5, 0.6) is 0 Å². The number of thiazole rings is 1. The number of rotatable bonds is 1. The van der Waals surface area contributed by atoms with Crippen molar-refractivity contribution in [3.05, 3.63) is 47.2 Å². The fourth-order valence-corrected chi connectivity index (χ4v) is 2.68. The monoisotopic (exact) mass is 270 g/mol. The minimum atomic E-state index is 1.01. The summed E-state index contributed by atoms with van der Waals surface area (Å²) in [5, 5.41) is 3.53. The average molecular weight is 270 g/mol. The number of nitrogens with zero attached hydrogens (tertiary/aromatic N) is 2. The predicted octanol–water partition coefficient (Wildman–Crippen LogP) is 5.00. The number of aryl methyl sites for hydroxylation is 2. The van der Waals surface area contributed by atoms with Crippen molar-refractivity contribution >= 4 is 22.1 Å². The van der Waals surface area contributed by atoms with Crippen molar-refractivity contribution in [3.63, 3.8) is 0 Å². The fourth-order valence-electron chi connectivity index (χ4n) is 1.94. The van der Waals surface area contributed by atoms with Crippen molar-refractivity contribution in [1.29, 1.82) is 0 Å². The molecule has 0 fully saturated rings. The summed E-state index contributed by atoms with van der Waals surface area (Å²) in [5.74, 6) is 0. The van der Waals surface area contributed by atoms with Gasteiger partial charge in [-0.15, -0.1) is 11.3 Å². The third-order valence-corrected chi connectivity index (χ3v) is 3.79. The van der Waals surface area contributed by atoms with E-state index in [1.807, 2.05) is 33.2 Å². The Bertz CT molecular complexity index is 686. The zero-order chi connectivity index (χ0) is 13.8. The van der Waals surface area contributed by atoms with Gasteiger partial charge in [-0.3, -0.25) is 4.98 Å². The lowest BCUT2D eigenvalue weighted by atomic mass is 10.1. The Morgan fingerprint density at radius 3 is 2.47 bits per heavy atom. The van der Waals surface area contributed by atoms with Crippen LogP contribution in [0.1, 0.15) is 24.4 Å². The van der Waals surface area contributed by atoms with Gasteiger partial charge in [0.2, 0.25) is 0 Å². The highest BCUT2D eigenvalue weighted by atomic mass is 32.1. The number of pyridine rings is 1. The maximum atomic E-state index is 4.52. The van der Waals surface area contributed by atoms with Crippen LogP contribution in [0.4, 0.5) is 0 Å². The zero-order valence-corrected chi connectivity index (χ0v) is 12.6. The summed E-state index contributed by atoms with van der Waals surface area (Å²) in [7, 11) is 0. The van der Waals surface area contributed by atoms with E-state index in [1.165, 1.54) is 16.3 Å². The molecule has 0 atom stereocenters. The molecule has 98 valence electrons. The van der Waals surface area contributed by atoms with Gasteiger partial charge in [0.1, 0.15) is 0 Å². The third-order valence-electron chi connectivity index (χ3n) is 2.86. The first-order chi connectivity index (χ1) is 9.24. The van der Waals surface area contributed by atoms with Crippen molar-refractivity contribution < 1.29 is 0 Å². The van der Waals surface area contributed by atoms with Crippen LogP contribution in [0.3, 0.4) is 0 Å². The van der Waals surface area contributed by atoms with Crippen molar-refractivity contribution in [2.45, 2.75) is 27.7 Å². The molecule has 0 aliphatic heterocycles. The van der Waals surface area contributed by atoms with Crippen LogP contribution in [-0.2, 0) is 0 Å². The van der Waals surface area contributed by atoms with Gasteiger partial charge in [-0.2, -0.15) is 0 Å². The van der Waals surface area contributed by atoms with Crippen LogP contribution in [0.15, 0.2) is 36.7 Å². The van der Waals surface area contributed by atoms with E-state index in [9.17, 15) is 0 Å². The van der Waals surface area contributed by atoms with Crippen molar-refractivity contribution in [1.82, 2.24) is 9.97 Å². The molecule has 0 N–H and O–H groups in total. The Hall–Kier alpha value is -1.74. The zero-order valence-electron chi connectivity index (χ0n) is 11.8.